The van der Waals surface area contributed by atoms with Gasteiger partial charge in [-0.15, -0.1) is 11.8 Å². The Hall–Kier alpha value is -1.04. The van der Waals surface area contributed by atoms with Gasteiger partial charge in [-0.25, -0.2) is 0 Å². The normalized spacial score (nSPS) is 21.3. The predicted molar refractivity (Wildman–Crippen MR) is 73.0 cm³/mol. The molecule has 4 nitrogen and oxygen atoms in total. The number of esters is 1. The van der Waals surface area contributed by atoms with Crippen molar-refractivity contribution < 1.29 is 19.0 Å². The summed E-state index contributed by atoms with van der Waals surface area (Å²) in [5, 5.41) is 0. The summed E-state index contributed by atoms with van der Waals surface area (Å²) in [5.74, 6) is -0.501. The minimum absolute atomic E-state index is 0.166. The van der Waals surface area contributed by atoms with Gasteiger partial charge in [-0.3, -0.25) is 4.79 Å². The Morgan fingerprint density at radius 3 is 2.79 bits per heavy atom. The number of thioether (sulfide) groups is 1. The van der Waals surface area contributed by atoms with E-state index in [0.29, 0.717) is 12.4 Å². The van der Waals surface area contributed by atoms with E-state index in [1.807, 2.05) is 44.2 Å². The van der Waals surface area contributed by atoms with Gasteiger partial charge in [0.05, 0.1) is 12.4 Å². The lowest BCUT2D eigenvalue weighted by Crippen LogP contribution is -2.25. The van der Waals surface area contributed by atoms with Gasteiger partial charge in [-0.1, -0.05) is 18.2 Å². The molecule has 1 atom stereocenters. The van der Waals surface area contributed by atoms with Crippen LogP contribution in [0.15, 0.2) is 35.2 Å². The van der Waals surface area contributed by atoms with Crippen molar-refractivity contribution in [2.45, 2.75) is 30.6 Å². The van der Waals surface area contributed by atoms with Gasteiger partial charge in [0.25, 0.3) is 0 Å². The minimum atomic E-state index is -0.574. The van der Waals surface area contributed by atoms with Gasteiger partial charge in [-0.2, -0.15) is 0 Å². The van der Waals surface area contributed by atoms with E-state index in [9.17, 15) is 4.79 Å². The molecule has 0 aromatic heterocycles. The highest BCUT2D eigenvalue weighted by molar-refractivity contribution is 8.00. The molecule has 1 aromatic carbocycles. The average Bonchev–Trinajstić information content (AvgIpc) is 2.75. The summed E-state index contributed by atoms with van der Waals surface area (Å²) in [6.07, 6.45) is -0.166. The van der Waals surface area contributed by atoms with Crippen LogP contribution in [0.2, 0.25) is 0 Å². The minimum Gasteiger partial charge on any atom is -0.462 e. The topological polar surface area (TPSA) is 44.8 Å². The lowest BCUT2D eigenvalue weighted by molar-refractivity contribution is -0.156. The van der Waals surface area contributed by atoms with E-state index < -0.39 is 5.79 Å². The summed E-state index contributed by atoms with van der Waals surface area (Å²) in [6, 6.07) is 9.77. The van der Waals surface area contributed by atoms with Crippen molar-refractivity contribution in [2.24, 2.45) is 0 Å². The fourth-order valence-electron chi connectivity index (χ4n) is 1.73. The standard InChI is InChI=1S/C14H18O4S/c1-14(2)17-9-11(18-14)8-16-13(15)10-19-12-6-4-3-5-7-12/h3-7,11H,8-10H2,1-2H3. The Labute approximate surface area is 117 Å². The first kappa shape index (κ1) is 14.4. The Morgan fingerprint density at radius 1 is 1.42 bits per heavy atom. The first-order valence-electron chi connectivity index (χ1n) is 6.20. The molecule has 0 radical (unpaired) electrons. The van der Waals surface area contributed by atoms with E-state index in [-0.39, 0.29) is 18.7 Å². The fraction of sp³-hybridized carbons (Fsp3) is 0.500. The van der Waals surface area contributed by atoms with Gasteiger partial charge < -0.3 is 14.2 Å². The second-order valence-electron chi connectivity index (χ2n) is 4.74. The molecule has 2 rings (SSSR count). The van der Waals surface area contributed by atoms with E-state index in [4.69, 9.17) is 14.2 Å². The maximum Gasteiger partial charge on any atom is 0.316 e. The number of rotatable bonds is 5. The molecule has 1 aliphatic rings. The van der Waals surface area contributed by atoms with Crippen LogP contribution < -0.4 is 0 Å². The lowest BCUT2D eigenvalue weighted by atomic mass is 10.4. The zero-order chi connectivity index (χ0) is 13.7. The molecule has 1 aliphatic heterocycles. The van der Waals surface area contributed by atoms with E-state index in [0.717, 1.165) is 4.90 Å². The third-order valence-corrected chi connectivity index (χ3v) is 3.58. The van der Waals surface area contributed by atoms with Crippen molar-refractivity contribution in [1.82, 2.24) is 0 Å². The Bertz CT molecular complexity index is 419. The SMILES string of the molecule is CC1(C)OCC(COC(=O)CSc2ccccc2)O1. The molecule has 1 unspecified atom stereocenters. The first-order chi connectivity index (χ1) is 9.05. The molecule has 19 heavy (non-hydrogen) atoms. The van der Waals surface area contributed by atoms with Crippen molar-refractivity contribution in [3.8, 4) is 0 Å². The number of ether oxygens (including phenoxy) is 3. The molecule has 0 spiro atoms. The van der Waals surface area contributed by atoms with Crippen LogP contribution in [-0.4, -0.2) is 36.8 Å². The molecule has 0 amide bonds. The second-order valence-corrected chi connectivity index (χ2v) is 5.78. The van der Waals surface area contributed by atoms with Crippen LogP contribution in [-0.2, 0) is 19.0 Å². The quantitative estimate of drug-likeness (QED) is 0.613. The monoisotopic (exact) mass is 282 g/mol. The van der Waals surface area contributed by atoms with Crippen LogP contribution in [0.25, 0.3) is 0 Å². The number of hydrogen-bond acceptors (Lipinski definition) is 5. The Balaban J connectivity index is 1.65. The van der Waals surface area contributed by atoms with Gasteiger partial charge in [0.1, 0.15) is 12.7 Å². The van der Waals surface area contributed by atoms with Crippen molar-refractivity contribution >= 4 is 17.7 Å². The average molecular weight is 282 g/mol. The Kier molecular flexibility index (Phi) is 4.85. The molecular formula is C14H18O4S. The maximum atomic E-state index is 11.6. The molecule has 0 aliphatic carbocycles. The maximum absolute atomic E-state index is 11.6. The molecule has 1 saturated heterocycles. The smallest absolute Gasteiger partial charge is 0.316 e. The van der Waals surface area contributed by atoms with Crippen LogP contribution >= 0.6 is 11.8 Å². The van der Waals surface area contributed by atoms with Gasteiger partial charge in [0.15, 0.2) is 5.79 Å². The number of carbonyl (C=O) groups excluding carboxylic acids is 1. The third-order valence-electron chi connectivity index (χ3n) is 2.60. The molecule has 0 saturated carbocycles. The number of carbonyl (C=O) groups is 1. The molecule has 0 bridgehead atoms. The van der Waals surface area contributed by atoms with Crippen molar-refractivity contribution in [1.29, 1.82) is 0 Å². The number of benzene rings is 1. The van der Waals surface area contributed by atoms with Crippen LogP contribution in [0.4, 0.5) is 0 Å². The molecule has 1 heterocycles. The van der Waals surface area contributed by atoms with E-state index in [2.05, 4.69) is 0 Å². The molecule has 0 N–H and O–H groups in total. The fourth-order valence-corrected chi connectivity index (χ4v) is 2.45. The van der Waals surface area contributed by atoms with Crippen LogP contribution in [0, 0.1) is 0 Å². The largest absolute Gasteiger partial charge is 0.462 e. The van der Waals surface area contributed by atoms with Gasteiger partial charge >= 0.3 is 5.97 Å². The summed E-state index contributed by atoms with van der Waals surface area (Å²) in [6.45, 7) is 4.41. The van der Waals surface area contributed by atoms with E-state index in [1.165, 1.54) is 11.8 Å². The van der Waals surface area contributed by atoms with E-state index >= 15 is 0 Å². The van der Waals surface area contributed by atoms with Crippen LogP contribution in [0.3, 0.4) is 0 Å². The first-order valence-corrected chi connectivity index (χ1v) is 7.19. The predicted octanol–water partition coefficient (Wildman–Crippen LogP) is 2.47. The summed E-state index contributed by atoms with van der Waals surface area (Å²) >= 11 is 1.46. The Morgan fingerprint density at radius 2 is 2.16 bits per heavy atom. The highest BCUT2D eigenvalue weighted by atomic mass is 32.2. The summed E-state index contributed by atoms with van der Waals surface area (Å²) in [5.41, 5.74) is 0. The highest BCUT2D eigenvalue weighted by Gasteiger charge is 2.33. The van der Waals surface area contributed by atoms with Gasteiger partial charge in [-0.05, 0) is 26.0 Å². The van der Waals surface area contributed by atoms with Gasteiger partial charge in [0.2, 0.25) is 0 Å². The van der Waals surface area contributed by atoms with Gasteiger partial charge in [0, 0.05) is 4.90 Å². The van der Waals surface area contributed by atoms with Crippen molar-refractivity contribution in [3.63, 3.8) is 0 Å². The lowest BCUT2D eigenvalue weighted by Gasteiger charge is -2.16. The molecule has 1 fully saturated rings. The molecule has 1 aromatic rings. The summed E-state index contributed by atoms with van der Waals surface area (Å²) in [7, 11) is 0. The molecule has 104 valence electrons. The summed E-state index contributed by atoms with van der Waals surface area (Å²) in [4.78, 5) is 12.7. The van der Waals surface area contributed by atoms with Crippen molar-refractivity contribution in [3.05, 3.63) is 30.3 Å². The van der Waals surface area contributed by atoms with Crippen molar-refractivity contribution in [2.75, 3.05) is 19.0 Å². The summed E-state index contributed by atoms with van der Waals surface area (Å²) < 4.78 is 16.1. The zero-order valence-electron chi connectivity index (χ0n) is 11.1. The van der Waals surface area contributed by atoms with Crippen LogP contribution in [0.5, 0.6) is 0 Å². The molecule has 5 heteroatoms. The number of hydrogen-bond donors (Lipinski definition) is 0. The highest BCUT2D eigenvalue weighted by Crippen LogP contribution is 2.22. The van der Waals surface area contributed by atoms with Crippen LogP contribution in [0.1, 0.15) is 13.8 Å². The zero-order valence-corrected chi connectivity index (χ0v) is 11.9. The second kappa shape index (κ2) is 6.41. The third kappa shape index (κ3) is 4.86. The van der Waals surface area contributed by atoms with E-state index in [1.54, 1.807) is 0 Å². The molecular weight excluding hydrogens is 264 g/mol.